The van der Waals surface area contributed by atoms with Crippen LogP contribution in [0.2, 0.25) is 0 Å². The van der Waals surface area contributed by atoms with E-state index in [1.54, 1.807) is 16.7 Å². The Balaban J connectivity index is 2.15. The Morgan fingerprint density at radius 2 is 1.77 bits per heavy atom. The van der Waals surface area contributed by atoms with Crippen molar-refractivity contribution in [2.24, 2.45) is 0 Å². The van der Waals surface area contributed by atoms with Crippen LogP contribution in [0.3, 0.4) is 0 Å². The molecule has 0 saturated heterocycles. The molecule has 7 nitrogen and oxygen atoms in total. The van der Waals surface area contributed by atoms with Gasteiger partial charge < -0.3 is 15.5 Å². The van der Waals surface area contributed by atoms with Crippen LogP contribution in [0, 0.1) is 13.8 Å². The molecule has 1 aromatic carbocycles. The van der Waals surface area contributed by atoms with Gasteiger partial charge in [-0.25, -0.2) is 9.78 Å². The Morgan fingerprint density at radius 1 is 1.12 bits per heavy atom. The van der Waals surface area contributed by atoms with Gasteiger partial charge in [0.15, 0.2) is 6.04 Å². The van der Waals surface area contributed by atoms with Gasteiger partial charge in [-0.15, -0.1) is 0 Å². The fraction of sp³-hybridized carbons (Fsp3) is 0.211. The van der Waals surface area contributed by atoms with Gasteiger partial charge in [0.25, 0.3) is 5.91 Å². The van der Waals surface area contributed by atoms with Crippen LogP contribution in [-0.2, 0) is 4.79 Å². The number of hydrogen-bond acceptors (Lipinski definition) is 4. The number of amides is 1. The first kappa shape index (κ1) is 17.6. The molecule has 0 saturated carbocycles. The number of nitrogens with one attached hydrogen (secondary N) is 1. The van der Waals surface area contributed by atoms with E-state index in [1.165, 1.54) is 0 Å². The first-order chi connectivity index (χ1) is 12.4. The van der Waals surface area contributed by atoms with E-state index in [2.05, 4.69) is 10.3 Å². The number of hydrogen-bond donors (Lipinski definition) is 3. The van der Waals surface area contributed by atoms with E-state index in [-0.39, 0.29) is 5.69 Å². The van der Waals surface area contributed by atoms with Crippen LogP contribution >= 0.6 is 0 Å². The molecule has 1 atom stereocenters. The van der Waals surface area contributed by atoms with Gasteiger partial charge in [0.05, 0.1) is 6.61 Å². The standard InChI is InChI=1S/C19H19N3O4/c1-11-3-6-13(7-4-11)16-17(18(24)20-14(10-23)19(25)26)22-9-12(2)5-8-15(22)21-16/h3-9,14,23H,10H2,1-2H3,(H,20,24)(H,25,26). The first-order valence-corrected chi connectivity index (χ1v) is 8.11. The van der Waals surface area contributed by atoms with Crippen molar-refractivity contribution >= 4 is 17.5 Å². The van der Waals surface area contributed by atoms with Crippen LogP contribution in [0.1, 0.15) is 21.6 Å². The number of aryl methyl sites for hydroxylation is 2. The monoisotopic (exact) mass is 353 g/mol. The number of aliphatic hydroxyl groups is 1. The largest absolute Gasteiger partial charge is 0.480 e. The number of carboxylic acid groups (broad SMARTS) is 1. The summed E-state index contributed by atoms with van der Waals surface area (Å²) in [7, 11) is 0. The molecule has 1 unspecified atom stereocenters. The van der Waals surface area contributed by atoms with Gasteiger partial charge in [0.2, 0.25) is 0 Å². The maximum atomic E-state index is 12.8. The van der Waals surface area contributed by atoms with Crippen LogP contribution in [-0.4, -0.2) is 44.1 Å². The summed E-state index contributed by atoms with van der Waals surface area (Å²) < 4.78 is 1.64. The van der Waals surface area contributed by atoms with E-state index >= 15 is 0 Å². The van der Waals surface area contributed by atoms with Crippen molar-refractivity contribution in [2.75, 3.05) is 6.61 Å². The first-order valence-electron chi connectivity index (χ1n) is 8.11. The van der Waals surface area contributed by atoms with Gasteiger partial charge in [0, 0.05) is 11.8 Å². The topological polar surface area (TPSA) is 104 Å². The molecule has 3 N–H and O–H groups in total. The minimum atomic E-state index is -1.39. The number of rotatable bonds is 5. The van der Waals surface area contributed by atoms with Crippen molar-refractivity contribution in [3.63, 3.8) is 0 Å². The van der Waals surface area contributed by atoms with E-state index in [0.29, 0.717) is 11.3 Å². The van der Waals surface area contributed by atoms with Crippen LogP contribution in [0.15, 0.2) is 42.6 Å². The number of carboxylic acids is 1. The molecular formula is C19H19N3O4. The van der Waals surface area contributed by atoms with Gasteiger partial charge in [0.1, 0.15) is 17.0 Å². The molecule has 1 amide bonds. The van der Waals surface area contributed by atoms with Gasteiger partial charge in [-0.05, 0) is 25.5 Å². The zero-order valence-electron chi connectivity index (χ0n) is 14.4. The highest BCUT2D eigenvalue weighted by atomic mass is 16.4. The maximum absolute atomic E-state index is 12.8. The highest BCUT2D eigenvalue weighted by Crippen LogP contribution is 2.25. The van der Waals surface area contributed by atoms with Crippen LogP contribution in [0.5, 0.6) is 0 Å². The second-order valence-electron chi connectivity index (χ2n) is 6.16. The molecule has 26 heavy (non-hydrogen) atoms. The fourth-order valence-electron chi connectivity index (χ4n) is 2.69. The quantitative estimate of drug-likeness (QED) is 0.649. The molecule has 2 aromatic heterocycles. The highest BCUT2D eigenvalue weighted by Gasteiger charge is 2.25. The van der Waals surface area contributed by atoms with E-state index in [4.69, 9.17) is 5.11 Å². The number of carbonyl (C=O) groups is 2. The van der Waals surface area contributed by atoms with Crippen molar-refractivity contribution in [2.45, 2.75) is 19.9 Å². The summed E-state index contributed by atoms with van der Waals surface area (Å²) in [5.74, 6) is -1.91. The third kappa shape index (κ3) is 3.29. The molecule has 0 fully saturated rings. The minimum Gasteiger partial charge on any atom is -0.480 e. The number of carbonyl (C=O) groups excluding carboxylic acids is 1. The van der Waals surface area contributed by atoms with Crippen molar-refractivity contribution < 1.29 is 19.8 Å². The molecule has 0 spiro atoms. The normalized spacial score (nSPS) is 12.1. The van der Waals surface area contributed by atoms with E-state index < -0.39 is 24.5 Å². The van der Waals surface area contributed by atoms with Crippen molar-refractivity contribution in [1.82, 2.24) is 14.7 Å². The maximum Gasteiger partial charge on any atom is 0.328 e. The molecule has 0 bridgehead atoms. The van der Waals surface area contributed by atoms with Gasteiger partial charge in [-0.1, -0.05) is 35.9 Å². The molecule has 7 heteroatoms. The van der Waals surface area contributed by atoms with Gasteiger partial charge in [-0.2, -0.15) is 0 Å². The third-order valence-electron chi connectivity index (χ3n) is 4.09. The van der Waals surface area contributed by atoms with Crippen LogP contribution in [0.25, 0.3) is 16.9 Å². The summed E-state index contributed by atoms with van der Waals surface area (Å²) in [6, 6.07) is 9.85. The molecule has 3 rings (SSSR count). The predicted octanol–water partition coefficient (Wildman–Crippen LogP) is 1.79. The van der Waals surface area contributed by atoms with E-state index in [1.807, 2.05) is 44.2 Å². The number of pyridine rings is 1. The summed E-state index contributed by atoms with van der Waals surface area (Å²) in [6.07, 6.45) is 1.77. The van der Waals surface area contributed by atoms with Gasteiger partial charge in [-0.3, -0.25) is 9.20 Å². The van der Waals surface area contributed by atoms with Crippen molar-refractivity contribution in [3.8, 4) is 11.3 Å². The van der Waals surface area contributed by atoms with Crippen molar-refractivity contribution in [3.05, 3.63) is 59.4 Å². The Kier molecular flexibility index (Phi) is 4.73. The fourth-order valence-corrected chi connectivity index (χ4v) is 2.69. The smallest absolute Gasteiger partial charge is 0.328 e. The number of benzene rings is 1. The average Bonchev–Trinajstić information content (AvgIpc) is 2.98. The summed E-state index contributed by atoms with van der Waals surface area (Å²) in [6.45, 7) is 3.15. The Bertz CT molecular complexity index is 976. The van der Waals surface area contributed by atoms with Crippen molar-refractivity contribution in [1.29, 1.82) is 0 Å². The summed E-state index contributed by atoms with van der Waals surface area (Å²) >= 11 is 0. The van der Waals surface area contributed by atoms with Crippen LogP contribution in [0.4, 0.5) is 0 Å². The lowest BCUT2D eigenvalue weighted by Crippen LogP contribution is -2.43. The van der Waals surface area contributed by atoms with E-state index in [0.717, 1.165) is 16.7 Å². The van der Waals surface area contributed by atoms with Gasteiger partial charge >= 0.3 is 5.97 Å². The lowest BCUT2D eigenvalue weighted by Gasteiger charge is -2.12. The zero-order valence-corrected chi connectivity index (χ0v) is 14.4. The number of imidazole rings is 1. The molecule has 2 heterocycles. The molecule has 0 aliphatic carbocycles. The Labute approximate surface area is 149 Å². The Hall–Kier alpha value is -3.19. The second-order valence-corrected chi connectivity index (χ2v) is 6.16. The lowest BCUT2D eigenvalue weighted by molar-refractivity contribution is -0.140. The third-order valence-corrected chi connectivity index (χ3v) is 4.09. The molecular weight excluding hydrogens is 334 g/mol. The number of fused-ring (bicyclic) bond motifs is 1. The predicted molar refractivity (Wildman–Crippen MR) is 96.1 cm³/mol. The number of aliphatic hydroxyl groups excluding tert-OH is 1. The summed E-state index contributed by atoms with van der Waals surface area (Å²) in [5.41, 5.74) is 4.01. The highest BCUT2D eigenvalue weighted by molar-refractivity contribution is 6.01. The molecule has 134 valence electrons. The number of aromatic nitrogens is 2. The van der Waals surface area contributed by atoms with E-state index in [9.17, 15) is 14.7 Å². The Morgan fingerprint density at radius 3 is 2.38 bits per heavy atom. The summed E-state index contributed by atoms with van der Waals surface area (Å²) in [5, 5.41) is 20.6. The second kappa shape index (κ2) is 6.97. The number of nitrogens with zero attached hydrogens (tertiary/aromatic N) is 2. The minimum absolute atomic E-state index is 0.229. The van der Waals surface area contributed by atoms with Crippen LogP contribution < -0.4 is 5.32 Å². The summed E-state index contributed by atoms with van der Waals surface area (Å²) in [4.78, 5) is 28.5. The molecule has 0 radical (unpaired) electrons. The molecule has 3 aromatic rings. The lowest BCUT2D eigenvalue weighted by atomic mass is 10.1. The zero-order chi connectivity index (χ0) is 18.8. The molecule has 0 aliphatic rings. The number of aliphatic carboxylic acids is 1. The average molecular weight is 353 g/mol. The molecule has 0 aliphatic heterocycles. The SMILES string of the molecule is Cc1ccc(-c2nc3ccc(C)cn3c2C(=O)NC(CO)C(=O)O)cc1.